The molecule has 0 spiro atoms. The summed E-state index contributed by atoms with van der Waals surface area (Å²) in [5.41, 5.74) is 6.98. The van der Waals surface area contributed by atoms with Crippen molar-refractivity contribution in [3.63, 3.8) is 0 Å². The first-order valence-corrected chi connectivity index (χ1v) is 8.15. The summed E-state index contributed by atoms with van der Waals surface area (Å²) in [5.74, 6) is 0. The minimum Gasteiger partial charge on any atom is -0.398 e. The van der Waals surface area contributed by atoms with Crippen LogP contribution in [0.15, 0.2) is 39.1 Å². The smallest absolute Gasteiger partial charge is 0.242 e. The molecule has 6 nitrogen and oxygen atoms in total. The lowest BCUT2D eigenvalue weighted by Gasteiger charge is -2.08. The van der Waals surface area contributed by atoms with E-state index in [4.69, 9.17) is 5.73 Å². The van der Waals surface area contributed by atoms with Gasteiger partial charge in [-0.3, -0.25) is 4.68 Å². The molecule has 0 bridgehead atoms. The van der Waals surface area contributed by atoms with Gasteiger partial charge in [-0.05, 0) is 38.2 Å². The summed E-state index contributed by atoms with van der Waals surface area (Å²) < 4.78 is 27.5. The summed E-state index contributed by atoms with van der Waals surface area (Å²) in [7, 11) is -0.308. The number of hydrogen-bond acceptors (Lipinski definition) is 5. The van der Waals surface area contributed by atoms with Crippen LogP contribution >= 0.6 is 11.8 Å². The fourth-order valence-electron chi connectivity index (χ4n) is 1.75. The molecule has 0 fully saturated rings. The van der Waals surface area contributed by atoms with E-state index in [2.05, 4.69) is 9.82 Å². The Labute approximate surface area is 122 Å². The quantitative estimate of drug-likeness (QED) is 0.832. The van der Waals surface area contributed by atoms with E-state index in [1.54, 1.807) is 16.8 Å². The van der Waals surface area contributed by atoms with E-state index in [0.717, 1.165) is 15.6 Å². The summed E-state index contributed by atoms with van der Waals surface area (Å²) in [6.45, 7) is 1.92. The molecule has 0 aliphatic carbocycles. The second-order valence-electron chi connectivity index (χ2n) is 4.26. The van der Waals surface area contributed by atoms with Crippen LogP contribution < -0.4 is 10.5 Å². The van der Waals surface area contributed by atoms with Gasteiger partial charge in [-0.15, -0.1) is 0 Å². The number of rotatable bonds is 4. The Bertz CT molecular complexity index is 738. The molecule has 1 heterocycles. The highest BCUT2D eigenvalue weighted by molar-refractivity contribution is 7.99. The zero-order valence-electron chi connectivity index (χ0n) is 11.4. The molecule has 1 aromatic heterocycles. The SMILES string of the molecule is CNS(=O)(=O)c1ccc(Sc2cc(C)nn2C)cc1N. The summed E-state index contributed by atoms with van der Waals surface area (Å²) >= 11 is 1.48. The Hall–Kier alpha value is -1.51. The van der Waals surface area contributed by atoms with Gasteiger partial charge in [0.1, 0.15) is 4.90 Å². The second kappa shape index (κ2) is 5.47. The van der Waals surface area contributed by atoms with E-state index in [0.29, 0.717) is 0 Å². The Balaban J connectivity index is 2.33. The third-order valence-electron chi connectivity index (χ3n) is 2.72. The number of nitrogen functional groups attached to an aromatic ring is 1. The maximum Gasteiger partial charge on any atom is 0.242 e. The van der Waals surface area contributed by atoms with Gasteiger partial charge in [-0.1, -0.05) is 11.8 Å². The van der Waals surface area contributed by atoms with Crippen LogP contribution in [0.2, 0.25) is 0 Å². The number of nitrogens with one attached hydrogen (secondary N) is 1. The monoisotopic (exact) mass is 312 g/mol. The summed E-state index contributed by atoms with van der Waals surface area (Å²) in [6, 6.07) is 6.84. The summed E-state index contributed by atoms with van der Waals surface area (Å²) in [4.78, 5) is 0.950. The third-order valence-corrected chi connectivity index (χ3v) is 5.29. The predicted octanol–water partition coefficient (Wildman–Crippen LogP) is 1.37. The van der Waals surface area contributed by atoms with Crippen LogP contribution in [0.25, 0.3) is 0 Å². The Kier molecular flexibility index (Phi) is 4.07. The van der Waals surface area contributed by atoms with Gasteiger partial charge in [-0.2, -0.15) is 5.10 Å². The van der Waals surface area contributed by atoms with E-state index in [1.807, 2.05) is 20.0 Å². The molecular weight excluding hydrogens is 296 g/mol. The van der Waals surface area contributed by atoms with Crippen molar-refractivity contribution in [1.82, 2.24) is 14.5 Å². The van der Waals surface area contributed by atoms with E-state index in [9.17, 15) is 8.42 Å². The topological polar surface area (TPSA) is 90.0 Å². The van der Waals surface area contributed by atoms with E-state index < -0.39 is 10.0 Å². The van der Waals surface area contributed by atoms with Crippen molar-refractivity contribution in [2.75, 3.05) is 12.8 Å². The summed E-state index contributed by atoms with van der Waals surface area (Å²) in [5, 5.41) is 5.22. The minimum atomic E-state index is -3.52. The highest BCUT2D eigenvalue weighted by Gasteiger charge is 2.16. The molecule has 0 radical (unpaired) electrons. The van der Waals surface area contributed by atoms with Crippen molar-refractivity contribution in [2.24, 2.45) is 7.05 Å². The van der Waals surface area contributed by atoms with Crippen molar-refractivity contribution in [3.8, 4) is 0 Å². The minimum absolute atomic E-state index is 0.0885. The van der Waals surface area contributed by atoms with E-state index in [-0.39, 0.29) is 10.6 Å². The molecule has 0 aliphatic rings. The van der Waals surface area contributed by atoms with Gasteiger partial charge in [0.15, 0.2) is 0 Å². The van der Waals surface area contributed by atoms with Crippen LogP contribution in [0.5, 0.6) is 0 Å². The number of nitrogens with zero attached hydrogens (tertiary/aromatic N) is 2. The molecule has 8 heteroatoms. The first-order chi connectivity index (χ1) is 9.33. The molecule has 0 saturated heterocycles. The van der Waals surface area contributed by atoms with Crippen LogP contribution in [-0.2, 0) is 17.1 Å². The molecule has 2 rings (SSSR count). The zero-order chi connectivity index (χ0) is 14.9. The number of benzene rings is 1. The van der Waals surface area contributed by atoms with Crippen molar-refractivity contribution >= 4 is 27.5 Å². The van der Waals surface area contributed by atoms with Crippen molar-refractivity contribution in [1.29, 1.82) is 0 Å². The highest BCUT2D eigenvalue weighted by atomic mass is 32.2. The molecule has 1 aromatic carbocycles. The molecule has 108 valence electrons. The van der Waals surface area contributed by atoms with Crippen LogP contribution in [0.3, 0.4) is 0 Å². The molecule has 3 N–H and O–H groups in total. The third kappa shape index (κ3) is 2.97. The molecule has 0 atom stereocenters. The standard InChI is InChI=1S/C12H16N4O2S2/c1-8-6-12(16(3)15-8)19-9-4-5-11(10(13)7-9)20(17,18)14-2/h4-7,14H,13H2,1-3H3. The van der Waals surface area contributed by atoms with Crippen LogP contribution in [0, 0.1) is 6.92 Å². The molecule has 20 heavy (non-hydrogen) atoms. The second-order valence-corrected chi connectivity index (χ2v) is 7.21. The molecular formula is C12H16N4O2S2. The predicted molar refractivity (Wildman–Crippen MR) is 79.2 cm³/mol. The van der Waals surface area contributed by atoms with Gasteiger partial charge in [0.2, 0.25) is 10.0 Å². The average Bonchev–Trinajstić information content (AvgIpc) is 2.67. The van der Waals surface area contributed by atoms with Gasteiger partial charge in [-0.25, -0.2) is 13.1 Å². The van der Waals surface area contributed by atoms with Gasteiger partial charge in [0.25, 0.3) is 0 Å². The van der Waals surface area contributed by atoms with Crippen molar-refractivity contribution in [3.05, 3.63) is 30.0 Å². The lowest BCUT2D eigenvalue weighted by molar-refractivity contribution is 0.588. The van der Waals surface area contributed by atoms with E-state index >= 15 is 0 Å². The molecule has 2 aromatic rings. The highest BCUT2D eigenvalue weighted by Crippen LogP contribution is 2.31. The van der Waals surface area contributed by atoms with Gasteiger partial charge < -0.3 is 5.73 Å². The number of anilines is 1. The summed E-state index contributed by atoms with van der Waals surface area (Å²) in [6.07, 6.45) is 0. The van der Waals surface area contributed by atoms with E-state index in [1.165, 1.54) is 24.9 Å². The van der Waals surface area contributed by atoms with Crippen LogP contribution in [-0.4, -0.2) is 25.2 Å². The maximum absolute atomic E-state index is 11.7. The Morgan fingerprint density at radius 2 is 2.05 bits per heavy atom. The number of nitrogens with two attached hydrogens (primary N) is 1. The maximum atomic E-state index is 11.7. The van der Waals surface area contributed by atoms with Gasteiger partial charge >= 0.3 is 0 Å². The Morgan fingerprint density at radius 1 is 1.35 bits per heavy atom. The first-order valence-electron chi connectivity index (χ1n) is 5.85. The van der Waals surface area contributed by atoms with Crippen molar-refractivity contribution < 1.29 is 8.42 Å². The molecule has 0 unspecified atom stereocenters. The number of sulfonamides is 1. The Morgan fingerprint density at radius 3 is 2.55 bits per heavy atom. The largest absolute Gasteiger partial charge is 0.398 e. The van der Waals surface area contributed by atoms with Crippen molar-refractivity contribution in [2.45, 2.75) is 21.7 Å². The number of aryl methyl sites for hydroxylation is 2. The average molecular weight is 312 g/mol. The van der Waals surface area contributed by atoms with Crippen LogP contribution in [0.1, 0.15) is 5.69 Å². The normalized spacial score (nSPS) is 11.8. The fraction of sp³-hybridized carbons (Fsp3) is 0.250. The lowest BCUT2D eigenvalue weighted by Crippen LogP contribution is -2.19. The number of aromatic nitrogens is 2. The van der Waals surface area contributed by atoms with Crippen LogP contribution in [0.4, 0.5) is 5.69 Å². The van der Waals surface area contributed by atoms with Gasteiger partial charge in [0.05, 0.1) is 16.4 Å². The lowest BCUT2D eigenvalue weighted by atomic mass is 10.3. The molecule has 0 saturated carbocycles. The zero-order valence-corrected chi connectivity index (χ0v) is 13.0. The number of hydrogen-bond donors (Lipinski definition) is 2. The molecule has 0 amide bonds. The first kappa shape index (κ1) is 14.9. The molecule has 0 aliphatic heterocycles. The fourth-order valence-corrected chi connectivity index (χ4v) is 3.55. The van der Waals surface area contributed by atoms with Gasteiger partial charge in [0, 0.05) is 11.9 Å².